The number of carbonyl (C=O) groups excluding carboxylic acids is 1. The van der Waals surface area contributed by atoms with Crippen LogP contribution in [0.3, 0.4) is 0 Å². The van der Waals surface area contributed by atoms with Crippen LogP contribution < -0.4 is 10.6 Å². The number of nitrogens with one attached hydrogen (secondary N) is 2. The highest BCUT2D eigenvalue weighted by Gasteiger charge is 2.23. The number of hydrogen-bond donors (Lipinski definition) is 2. The predicted molar refractivity (Wildman–Crippen MR) is 82.9 cm³/mol. The summed E-state index contributed by atoms with van der Waals surface area (Å²) in [5.74, 6) is -0.375. The van der Waals surface area contributed by atoms with E-state index >= 15 is 0 Å². The molecule has 0 radical (unpaired) electrons. The minimum absolute atomic E-state index is 0.0822. The minimum Gasteiger partial charge on any atom is -0.325 e. The summed E-state index contributed by atoms with van der Waals surface area (Å²) in [6.45, 7) is 3.91. The zero-order chi connectivity index (χ0) is 15.2. The summed E-state index contributed by atoms with van der Waals surface area (Å²) in [4.78, 5) is 14.3. The Hall–Kier alpha value is -1.46. The van der Waals surface area contributed by atoms with E-state index < -0.39 is 0 Å². The molecule has 2 N–H and O–H groups in total. The van der Waals surface area contributed by atoms with Gasteiger partial charge < -0.3 is 10.6 Å². The van der Waals surface area contributed by atoms with Crippen LogP contribution in [0, 0.1) is 12.7 Å². The van der Waals surface area contributed by atoms with Gasteiger partial charge in [0, 0.05) is 18.3 Å². The van der Waals surface area contributed by atoms with Crippen LogP contribution in [0.15, 0.2) is 18.2 Å². The Balaban J connectivity index is 1.92. The molecule has 4 nitrogen and oxygen atoms in total. The lowest BCUT2D eigenvalue weighted by Crippen LogP contribution is -2.47. The molecule has 0 bridgehead atoms. The highest BCUT2D eigenvalue weighted by molar-refractivity contribution is 5.92. The molecule has 1 atom stereocenters. The standard InChI is InChI=1S/C16H24FN3O/c1-12-6-7-13(9-15(12)17)19-16(21)11-20-8-4-3-5-14(20)10-18-2/h6-7,9,14,18H,3-5,8,10-11H2,1-2H3,(H,19,21). The van der Waals surface area contributed by atoms with Gasteiger partial charge in [-0.1, -0.05) is 12.5 Å². The van der Waals surface area contributed by atoms with Gasteiger partial charge in [-0.25, -0.2) is 4.39 Å². The van der Waals surface area contributed by atoms with Crippen LogP contribution >= 0.6 is 0 Å². The molecule has 1 amide bonds. The summed E-state index contributed by atoms with van der Waals surface area (Å²) in [7, 11) is 1.93. The number of rotatable bonds is 5. The molecule has 0 aromatic heterocycles. The van der Waals surface area contributed by atoms with E-state index in [1.54, 1.807) is 19.1 Å². The van der Waals surface area contributed by atoms with Gasteiger partial charge in [0.05, 0.1) is 6.54 Å². The Morgan fingerprint density at radius 1 is 1.43 bits per heavy atom. The molecule has 2 rings (SSSR count). The molecule has 1 unspecified atom stereocenters. The van der Waals surface area contributed by atoms with Gasteiger partial charge in [-0.3, -0.25) is 9.69 Å². The van der Waals surface area contributed by atoms with E-state index in [1.807, 2.05) is 7.05 Å². The number of piperidine rings is 1. The third kappa shape index (κ3) is 4.51. The Bertz CT molecular complexity index is 490. The molecule has 1 saturated heterocycles. The molecule has 1 aromatic carbocycles. The van der Waals surface area contributed by atoms with Crippen molar-refractivity contribution >= 4 is 11.6 Å². The summed E-state index contributed by atoms with van der Waals surface area (Å²) in [6.07, 6.45) is 3.47. The minimum atomic E-state index is -0.293. The average Bonchev–Trinajstić information content (AvgIpc) is 2.45. The monoisotopic (exact) mass is 293 g/mol. The third-order valence-electron chi connectivity index (χ3n) is 3.99. The number of carbonyl (C=O) groups is 1. The maximum atomic E-state index is 13.5. The smallest absolute Gasteiger partial charge is 0.238 e. The van der Waals surface area contributed by atoms with E-state index in [4.69, 9.17) is 0 Å². The van der Waals surface area contributed by atoms with Crippen LogP contribution in [-0.4, -0.2) is 43.5 Å². The molecule has 5 heteroatoms. The first-order chi connectivity index (χ1) is 10.1. The third-order valence-corrected chi connectivity index (χ3v) is 3.99. The fraction of sp³-hybridized carbons (Fsp3) is 0.562. The fourth-order valence-corrected chi connectivity index (χ4v) is 2.79. The largest absolute Gasteiger partial charge is 0.325 e. The SMILES string of the molecule is CNCC1CCCCN1CC(=O)Nc1ccc(C)c(F)c1. The van der Waals surface area contributed by atoms with Crippen molar-refractivity contribution in [1.29, 1.82) is 0 Å². The topological polar surface area (TPSA) is 44.4 Å². The molecular formula is C16H24FN3O. The number of likely N-dealkylation sites (tertiary alicyclic amines) is 1. The first-order valence-electron chi connectivity index (χ1n) is 7.55. The molecule has 21 heavy (non-hydrogen) atoms. The number of aryl methyl sites for hydroxylation is 1. The second-order valence-corrected chi connectivity index (χ2v) is 5.69. The highest BCUT2D eigenvalue weighted by Crippen LogP contribution is 2.17. The maximum absolute atomic E-state index is 13.5. The van der Waals surface area contributed by atoms with Crippen molar-refractivity contribution in [3.05, 3.63) is 29.6 Å². The molecule has 1 aliphatic rings. The lowest BCUT2D eigenvalue weighted by atomic mass is 10.0. The van der Waals surface area contributed by atoms with Gasteiger partial charge >= 0.3 is 0 Å². The summed E-state index contributed by atoms with van der Waals surface area (Å²) >= 11 is 0. The van der Waals surface area contributed by atoms with Crippen LogP contribution in [0.5, 0.6) is 0 Å². The first-order valence-corrected chi connectivity index (χ1v) is 7.55. The zero-order valence-corrected chi connectivity index (χ0v) is 12.8. The zero-order valence-electron chi connectivity index (χ0n) is 12.8. The number of likely N-dealkylation sites (N-methyl/N-ethyl adjacent to an activating group) is 1. The predicted octanol–water partition coefficient (Wildman–Crippen LogP) is 2.15. The lowest BCUT2D eigenvalue weighted by molar-refractivity contribution is -0.118. The fourth-order valence-electron chi connectivity index (χ4n) is 2.79. The number of hydrogen-bond acceptors (Lipinski definition) is 3. The van der Waals surface area contributed by atoms with Crippen molar-refractivity contribution in [3.8, 4) is 0 Å². The normalized spacial score (nSPS) is 19.5. The summed E-state index contributed by atoms with van der Waals surface area (Å²) in [5, 5.41) is 5.96. The molecule has 0 spiro atoms. The number of anilines is 1. The van der Waals surface area contributed by atoms with Crippen molar-refractivity contribution in [1.82, 2.24) is 10.2 Å². The van der Waals surface area contributed by atoms with Gasteiger partial charge in [-0.15, -0.1) is 0 Å². The van der Waals surface area contributed by atoms with Crippen molar-refractivity contribution in [2.75, 3.05) is 32.0 Å². The van der Waals surface area contributed by atoms with E-state index in [-0.39, 0.29) is 11.7 Å². The lowest BCUT2D eigenvalue weighted by Gasteiger charge is -2.35. The Kier molecular flexibility index (Phi) is 5.70. The van der Waals surface area contributed by atoms with E-state index in [0.29, 0.717) is 23.8 Å². The second-order valence-electron chi connectivity index (χ2n) is 5.69. The Morgan fingerprint density at radius 2 is 2.24 bits per heavy atom. The van der Waals surface area contributed by atoms with Crippen LogP contribution in [0.25, 0.3) is 0 Å². The van der Waals surface area contributed by atoms with Gasteiger partial charge in [0.15, 0.2) is 0 Å². The summed E-state index contributed by atoms with van der Waals surface area (Å²) in [5.41, 5.74) is 1.10. The average molecular weight is 293 g/mol. The first kappa shape index (κ1) is 15.9. The maximum Gasteiger partial charge on any atom is 0.238 e. The molecule has 1 fully saturated rings. The molecule has 116 valence electrons. The highest BCUT2D eigenvalue weighted by atomic mass is 19.1. The van der Waals surface area contributed by atoms with Crippen LogP contribution in [0.4, 0.5) is 10.1 Å². The number of benzene rings is 1. The molecule has 0 saturated carbocycles. The van der Waals surface area contributed by atoms with Crippen molar-refractivity contribution in [2.45, 2.75) is 32.2 Å². The Morgan fingerprint density at radius 3 is 2.95 bits per heavy atom. The number of halogens is 1. The van der Waals surface area contributed by atoms with Crippen LogP contribution in [0.1, 0.15) is 24.8 Å². The summed E-state index contributed by atoms with van der Waals surface area (Å²) in [6, 6.07) is 5.19. The number of amides is 1. The molecule has 1 heterocycles. The van der Waals surface area contributed by atoms with Gasteiger partial charge in [-0.2, -0.15) is 0 Å². The van der Waals surface area contributed by atoms with Gasteiger partial charge in [0.2, 0.25) is 5.91 Å². The molecule has 1 aromatic rings. The quantitative estimate of drug-likeness (QED) is 0.874. The van der Waals surface area contributed by atoms with Gasteiger partial charge in [0.25, 0.3) is 0 Å². The molecule has 1 aliphatic heterocycles. The number of nitrogens with zero attached hydrogens (tertiary/aromatic N) is 1. The summed E-state index contributed by atoms with van der Waals surface area (Å²) < 4.78 is 13.5. The molecule has 0 aliphatic carbocycles. The second kappa shape index (κ2) is 7.52. The van der Waals surface area contributed by atoms with E-state index in [0.717, 1.165) is 25.9 Å². The van der Waals surface area contributed by atoms with E-state index in [2.05, 4.69) is 15.5 Å². The van der Waals surface area contributed by atoms with Crippen molar-refractivity contribution in [3.63, 3.8) is 0 Å². The van der Waals surface area contributed by atoms with E-state index in [1.165, 1.54) is 12.5 Å². The Labute approximate surface area is 125 Å². The van der Waals surface area contributed by atoms with Gasteiger partial charge in [0.1, 0.15) is 5.82 Å². The van der Waals surface area contributed by atoms with Crippen molar-refractivity contribution < 1.29 is 9.18 Å². The van der Waals surface area contributed by atoms with Gasteiger partial charge in [-0.05, 0) is 51.1 Å². The van der Waals surface area contributed by atoms with Crippen molar-refractivity contribution in [2.24, 2.45) is 0 Å². The van der Waals surface area contributed by atoms with Crippen LogP contribution in [0.2, 0.25) is 0 Å². The molecular weight excluding hydrogens is 269 g/mol. The van der Waals surface area contributed by atoms with E-state index in [9.17, 15) is 9.18 Å². The van der Waals surface area contributed by atoms with Crippen LogP contribution in [-0.2, 0) is 4.79 Å².